The number of carbonyl (C=O) groups excluding carboxylic acids is 1. The third-order valence-electron chi connectivity index (χ3n) is 3.34. The van der Waals surface area contributed by atoms with Gasteiger partial charge in [-0.2, -0.15) is 3.92 Å². The molecule has 1 radical (unpaired) electrons. The number of esters is 1. The molecule has 0 aliphatic carbocycles. The predicted molar refractivity (Wildman–Crippen MR) is 91.1 cm³/mol. The van der Waals surface area contributed by atoms with E-state index in [2.05, 4.69) is 5.32 Å². The van der Waals surface area contributed by atoms with Gasteiger partial charge in [0.15, 0.2) is 5.97 Å². The van der Waals surface area contributed by atoms with Crippen molar-refractivity contribution in [3.8, 4) is 11.5 Å². The number of ether oxygens (including phenoxy) is 2. The number of hydrogen-bond donors (Lipinski definition) is 2. The zero-order valence-electron chi connectivity index (χ0n) is 12.0. The van der Waals surface area contributed by atoms with Crippen molar-refractivity contribution in [2.75, 3.05) is 19.8 Å². The Hall–Kier alpha value is -1.05. The van der Waals surface area contributed by atoms with Crippen molar-refractivity contribution in [2.24, 2.45) is 0 Å². The van der Waals surface area contributed by atoms with Crippen LogP contribution in [0.1, 0.15) is 0 Å². The molecule has 0 spiro atoms. The molecule has 7 heteroatoms. The Morgan fingerprint density at radius 2 is 1.96 bits per heavy atom. The third-order valence-corrected chi connectivity index (χ3v) is 4.53. The summed E-state index contributed by atoms with van der Waals surface area (Å²) in [4.78, 5) is 11.7. The standard InChI is InChI=1S/C16H15INO4.Rh/c17-15(12-9-18-12)16(20)22-8-7-21-14-6-2-3-10-11(14)4-1-5-13(10)19;/h1-6,12,18-19H,7-9H2;/q-1;. The number of hydrogen-bond acceptors (Lipinski definition) is 5. The number of nitrogens with one attached hydrogen (secondary N) is 1. The van der Waals surface area contributed by atoms with Gasteiger partial charge in [0.2, 0.25) is 0 Å². The minimum atomic E-state index is -0.297. The van der Waals surface area contributed by atoms with Gasteiger partial charge in [0.25, 0.3) is 0 Å². The van der Waals surface area contributed by atoms with E-state index in [4.69, 9.17) is 9.47 Å². The Kier molecular flexibility index (Phi) is 6.50. The molecule has 0 bridgehead atoms. The molecule has 5 nitrogen and oxygen atoms in total. The molecule has 1 heterocycles. The van der Waals surface area contributed by atoms with Gasteiger partial charge in [0.05, 0.1) is 0 Å². The minimum absolute atomic E-state index is 0. The van der Waals surface area contributed by atoms with Gasteiger partial charge in [-0.3, -0.25) is 27.4 Å². The van der Waals surface area contributed by atoms with E-state index >= 15 is 0 Å². The second-order valence-electron chi connectivity index (χ2n) is 4.92. The molecule has 2 aromatic rings. The molecule has 1 aliphatic rings. The Morgan fingerprint density at radius 3 is 2.70 bits per heavy atom. The molecular weight excluding hydrogens is 500 g/mol. The summed E-state index contributed by atoms with van der Waals surface area (Å²) < 4.78 is 11.5. The summed E-state index contributed by atoms with van der Waals surface area (Å²) >= 11 is 2.01. The largest absolute Gasteiger partial charge is 0.507 e. The molecule has 1 unspecified atom stereocenters. The first kappa shape index (κ1) is 18.3. The summed E-state index contributed by atoms with van der Waals surface area (Å²) in [6, 6.07) is 10.9. The zero-order chi connectivity index (χ0) is 15.5. The third kappa shape index (κ3) is 4.49. The first-order valence-electron chi connectivity index (χ1n) is 6.93. The van der Waals surface area contributed by atoms with Gasteiger partial charge < -0.3 is 19.9 Å². The van der Waals surface area contributed by atoms with E-state index in [1.807, 2.05) is 46.9 Å². The molecule has 1 aliphatic heterocycles. The van der Waals surface area contributed by atoms with Crippen LogP contribution in [0.5, 0.6) is 11.5 Å². The molecule has 1 fully saturated rings. The Morgan fingerprint density at radius 1 is 1.26 bits per heavy atom. The summed E-state index contributed by atoms with van der Waals surface area (Å²) in [5.74, 6) is 0.581. The van der Waals surface area contributed by atoms with E-state index in [0.717, 1.165) is 17.3 Å². The monoisotopic (exact) mass is 515 g/mol. The van der Waals surface area contributed by atoms with Crippen LogP contribution in [0, 0.1) is 3.92 Å². The fourth-order valence-electron chi connectivity index (χ4n) is 2.13. The van der Waals surface area contributed by atoms with Crippen LogP contribution in [0.25, 0.3) is 10.8 Å². The van der Waals surface area contributed by atoms with E-state index in [9.17, 15) is 9.90 Å². The van der Waals surface area contributed by atoms with Crippen LogP contribution in [0.15, 0.2) is 36.4 Å². The van der Waals surface area contributed by atoms with Gasteiger partial charge in [0.1, 0.15) is 24.7 Å². The van der Waals surface area contributed by atoms with Crippen LogP contribution in [-0.2, 0) is 29.0 Å². The normalized spacial score (nSPS) is 15.6. The van der Waals surface area contributed by atoms with E-state index in [-0.39, 0.29) is 50.5 Å². The molecule has 0 saturated carbocycles. The summed E-state index contributed by atoms with van der Waals surface area (Å²) in [5, 5.41) is 14.4. The second-order valence-corrected chi connectivity index (χ2v) is 6.08. The molecule has 3 rings (SSSR count). The van der Waals surface area contributed by atoms with Crippen molar-refractivity contribution >= 4 is 39.3 Å². The molecule has 1 saturated heterocycles. The van der Waals surface area contributed by atoms with Crippen LogP contribution in [0.2, 0.25) is 0 Å². The first-order chi connectivity index (χ1) is 10.7. The van der Waals surface area contributed by atoms with Crippen LogP contribution in [0.4, 0.5) is 0 Å². The van der Waals surface area contributed by atoms with Gasteiger partial charge in [-0.25, -0.2) is 0 Å². The summed E-state index contributed by atoms with van der Waals surface area (Å²) in [5.41, 5.74) is 0. The van der Waals surface area contributed by atoms with Crippen molar-refractivity contribution in [3.05, 3.63) is 40.3 Å². The average Bonchev–Trinajstić information content (AvgIpc) is 3.36. The molecule has 125 valence electrons. The van der Waals surface area contributed by atoms with Crippen molar-refractivity contribution in [1.82, 2.24) is 5.32 Å². The Bertz CT molecular complexity index is 693. The van der Waals surface area contributed by atoms with Crippen LogP contribution >= 0.6 is 22.6 Å². The SMILES string of the molecule is O=C(OCCOc1cccc2c(O)cccc12)[C-](I)C1CN1.[Rh]. The number of rotatable bonds is 6. The number of benzene rings is 2. The van der Waals surface area contributed by atoms with E-state index in [1.165, 1.54) is 0 Å². The quantitative estimate of drug-likeness (QED) is 0.155. The smallest absolute Gasteiger partial charge is 0.180 e. The van der Waals surface area contributed by atoms with Gasteiger partial charge in [0, 0.05) is 30.3 Å². The van der Waals surface area contributed by atoms with Gasteiger partial charge >= 0.3 is 0 Å². The average molecular weight is 515 g/mol. The van der Waals surface area contributed by atoms with Crippen molar-refractivity contribution < 1.29 is 38.9 Å². The molecule has 1 atom stereocenters. The van der Waals surface area contributed by atoms with Crippen molar-refractivity contribution in [2.45, 2.75) is 6.04 Å². The van der Waals surface area contributed by atoms with Gasteiger partial charge in [-0.05, 0) is 18.7 Å². The summed E-state index contributed by atoms with van der Waals surface area (Å²) in [6.07, 6.45) is 0. The topological polar surface area (TPSA) is 77.7 Å². The van der Waals surface area contributed by atoms with Crippen LogP contribution in [0.3, 0.4) is 0 Å². The van der Waals surface area contributed by atoms with Gasteiger partial charge in [-0.15, -0.1) is 0 Å². The second kappa shape index (κ2) is 8.17. The molecular formula is C16H15INO4Rh-. The van der Waals surface area contributed by atoms with E-state index in [1.54, 1.807) is 12.1 Å². The van der Waals surface area contributed by atoms with Gasteiger partial charge in [-0.1, -0.05) is 30.3 Å². The fraction of sp³-hybridized carbons (Fsp3) is 0.250. The van der Waals surface area contributed by atoms with E-state index in [0.29, 0.717) is 9.67 Å². The molecule has 2 N–H and O–H groups in total. The van der Waals surface area contributed by atoms with Crippen molar-refractivity contribution in [1.29, 1.82) is 0 Å². The number of carbonyl (C=O) groups is 1. The Balaban J connectivity index is 0.00000192. The molecule has 0 amide bonds. The summed E-state index contributed by atoms with van der Waals surface area (Å²) in [6.45, 7) is 1.29. The Labute approximate surface area is 160 Å². The van der Waals surface area contributed by atoms with Crippen molar-refractivity contribution in [3.63, 3.8) is 0 Å². The predicted octanol–water partition coefficient (Wildman–Crippen LogP) is 2.40. The molecule has 0 aromatic heterocycles. The summed E-state index contributed by atoms with van der Waals surface area (Å²) in [7, 11) is 0. The van der Waals surface area contributed by atoms with E-state index < -0.39 is 0 Å². The first-order valence-corrected chi connectivity index (χ1v) is 8.01. The molecule has 2 aromatic carbocycles. The number of aromatic hydroxyl groups is 1. The zero-order valence-corrected chi connectivity index (χ0v) is 15.8. The fourth-order valence-corrected chi connectivity index (χ4v) is 2.72. The van der Waals surface area contributed by atoms with Crippen LogP contribution in [-0.4, -0.2) is 36.9 Å². The maximum atomic E-state index is 11.7. The number of halogens is 1. The van der Waals surface area contributed by atoms with Crippen LogP contribution < -0.4 is 10.1 Å². The maximum Gasteiger partial charge on any atom is 0.180 e. The molecule has 23 heavy (non-hydrogen) atoms. The minimum Gasteiger partial charge on any atom is -0.507 e. The maximum absolute atomic E-state index is 11.7. The number of phenolic OH excluding ortho intramolecular Hbond substituents is 1. The number of fused-ring (bicyclic) bond motifs is 1. The number of phenols is 1.